The van der Waals surface area contributed by atoms with Gasteiger partial charge >= 0.3 is 0 Å². The van der Waals surface area contributed by atoms with Crippen molar-refractivity contribution in [2.24, 2.45) is 0 Å². The summed E-state index contributed by atoms with van der Waals surface area (Å²) in [4.78, 5) is 26.0. The molecule has 0 bridgehead atoms. The van der Waals surface area contributed by atoms with Crippen LogP contribution in [0.5, 0.6) is 0 Å². The summed E-state index contributed by atoms with van der Waals surface area (Å²) >= 11 is 1.41. The zero-order valence-corrected chi connectivity index (χ0v) is 11.9. The van der Waals surface area contributed by atoms with Crippen LogP contribution < -0.4 is 11.1 Å². The number of anilines is 1. The van der Waals surface area contributed by atoms with Crippen LogP contribution in [0.1, 0.15) is 15.2 Å². The molecule has 0 aliphatic carbocycles. The summed E-state index contributed by atoms with van der Waals surface area (Å²) in [5.41, 5.74) is 7.74. The number of hydrogen-bond acceptors (Lipinski definition) is 4. The molecule has 0 saturated carbocycles. The highest BCUT2D eigenvalue weighted by atomic mass is 32.1. The van der Waals surface area contributed by atoms with E-state index in [1.165, 1.54) is 11.3 Å². The first-order chi connectivity index (χ1) is 9.58. The fourth-order valence-electron chi connectivity index (χ4n) is 2.39. The number of nitrogen functional groups attached to an aromatic ring is 1. The van der Waals surface area contributed by atoms with Crippen LogP contribution in [0.2, 0.25) is 0 Å². The number of rotatable bonds is 1. The van der Waals surface area contributed by atoms with E-state index >= 15 is 0 Å². The van der Waals surface area contributed by atoms with Gasteiger partial charge in [-0.1, -0.05) is 18.2 Å². The maximum atomic E-state index is 12.5. The zero-order valence-electron chi connectivity index (χ0n) is 11.1. The minimum Gasteiger partial charge on any atom is -0.397 e. The quantitative estimate of drug-likeness (QED) is 0.832. The Morgan fingerprint density at radius 3 is 2.95 bits per heavy atom. The molecule has 1 aliphatic rings. The van der Waals surface area contributed by atoms with Gasteiger partial charge in [0.05, 0.1) is 12.2 Å². The average Bonchev–Trinajstić information content (AvgIpc) is 2.77. The number of carbonyl (C=O) groups is 2. The molecule has 2 amide bonds. The Balaban J connectivity index is 2.01. The standard InChI is InChI=1S/C14H15N3O2S/c1-8-3-2-4-9-11(15)13(20-12(8)9)14(19)17-6-5-16-10(18)7-17/h2-4H,5-7,15H2,1H3,(H,16,18). The summed E-state index contributed by atoms with van der Waals surface area (Å²) in [6, 6.07) is 5.86. The van der Waals surface area contributed by atoms with Gasteiger partial charge in [0.2, 0.25) is 5.91 Å². The Labute approximate surface area is 120 Å². The summed E-state index contributed by atoms with van der Waals surface area (Å²) in [6.45, 7) is 3.12. The fraction of sp³-hybridized carbons (Fsp3) is 0.286. The van der Waals surface area contributed by atoms with Crippen molar-refractivity contribution in [3.05, 3.63) is 28.6 Å². The number of amides is 2. The van der Waals surface area contributed by atoms with Crippen molar-refractivity contribution in [2.45, 2.75) is 6.92 Å². The van der Waals surface area contributed by atoms with Gasteiger partial charge in [0.15, 0.2) is 0 Å². The van der Waals surface area contributed by atoms with Gasteiger partial charge in [-0.3, -0.25) is 9.59 Å². The van der Waals surface area contributed by atoms with Gasteiger partial charge in [-0.05, 0) is 12.5 Å². The maximum Gasteiger partial charge on any atom is 0.266 e. The first-order valence-corrected chi connectivity index (χ1v) is 7.23. The predicted octanol–water partition coefficient (Wildman–Crippen LogP) is 1.36. The first kappa shape index (κ1) is 12.9. The third kappa shape index (κ3) is 2.02. The number of nitrogens with one attached hydrogen (secondary N) is 1. The number of piperazine rings is 1. The Morgan fingerprint density at radius 2 is 2.25 bits per heavy atom. The number of aryl methyl sites for hydroxylation is 1. The van der Waals surface area contributed by atoms with E-state index in [0.29, 0.717) is 23.7 Å². The number of nitrogens with zero attached hydrogens (tertiary/aromatic N) is 1. The molecule has 5 nitrogen and oxygen atoms in total. The maximum absolute atomic E-state index is 12.5. The van der Waals surface area contributed by atoms with Crippen LogP contribution in [0.25, 0.3) is 10.1 Å². The Kier molecular flexibility index (Phi) is 3.10. The van der Waals surface area contributed by atoms with E-state index in [2.05, 4.69) is 5.32 Å². The molecule has 6 heteroatoms. The van der Waals surface area contributed by atoms with E-state index in [4.69, 9.17) is 5.73 Å². The Morgan fingerprint density at radius 1 is 1.45 bits per heavy atom. The van der Waals surface area contributed by atoms with Crippen molar-refractivity contribution in [3.63, 3.8) is 0 Å². The van der Waals surface area contributed by atoms with Gasteiger partial charge in [0.25, 0.3) is 5.91 Å². The third-order valence-electron chi connectivity index (χ3n) is 3.47. The monoisotopic (exact) mass is 289 g/mol. The molecule has 1 fully saturated rings. The SMILES string of the molecule is Cc1cccc2c(N)c(C(=O)N3CCNC(=O)C3)sc12. The van der Waals surface area contributed by atoms with E-state index < -0.39 is 0 Å². The lowest BCUT2D eigenvalue weighted by Crippen LogP contribution is -2.49. The summed E-state index contributed by atoms with van der Waals surface area (Å²) in [7, 11) is 0. The van der Waals surface area contributed by atoms with Crippen LogP contribution in [0.15, 0.2) is 18.2 Å². The molecule has 1 aliphatic heterocycles. The second-order valence-electron chi connectivity index (χ2n) is 4.87. The van der Waals surface area contributed by atoms with E-state index in [9.17, 15) is 9.59 Å². The first-order valence-electron chi connectivity index (χ1n) is 6.41. The highest BCUT2D eigenvalue weighted by Gasteiger charge is 2.26. The Hall–Kier alpha value is -2.08. The van der Waals surface area contributed by atoms with Crippen molar-refractivity contribution in [2.75, 3.05) is 25.4 Å². The van der Waals surface area contributed by atoms with Crippen molar-refractivity contribution >= 4 is 38.9 Å². The summed E-state index contributed by atoms with van der Waals surface area (Å²) in [5.74, 6) is -0.279. The number of hydrogen-bond donors (Lipinski definition) is 2. The van der Waals surface area contributed by atoms with Gasteiger partial charge in [0, 0.05) is 23.2 Å². The smallest absolute Gasteiger partial charge is 0.266 e. The van der Waals surface area contributed by atoms with E-state index in [1.54, 1.807) is 4.90 Å². The molecule has 20 heavy (non-hydrogen) atoms. The van der Waals surface area contributed by atoms with Crippen molar-refractivity contribution in [1.82, 2.24) is 10.2 Å². The molecule has 0 atom stereocenters. The lowest BCUT2D eigenvalue weighted by molar-refractivity contribution is -0.123. The lowest BCUT2D eigenvalue weighted by atomic mass is 10.1. The largest absolute Gasteiger partial charge is 0.397 e. The minimum atomic E-state index is -0.155. The molecule has 3 N–H and O–H groups in total. The zero-order chi connectivity index (χ0) is 14.3. The van der Waals surface area contributed by atoms with Crippen LogP contribution in [-0.2, 0) is 4.79 Å². The van der Waals surface area contributed by atoms with Gasteiger partial charge in [-0.2, -0.15) is 0 Å². The highest BCUT2D eigenvalue weighted by molar-refractivity contribution is 7.21. The molecule has 2 aromatic rings. The van der Waals surface area contributed by atoms with E-state index in [0.717, 1.165) is 15.6 Å². The highest BCUT2D eigenvalue weighted by Crippen LogP contribution is 2.36. The lowest BCUT2D eigenvalue weighted by Gasteiger charge is -2.26. The molecule has 3 rings (SSSR count). The predicted molar refractivity (Wildman–Crippen MR) is 79.9 cm³/mol. The second-order valence-corrected chi connectivity index (χ2v) is 5.89. The third-order valence-corrected chi connectivity index (χ3v) is 4.82. The average molecular weight is 289 g/mol. The number of carbonyl (C=O) groups excluding carboxylic acids is 2. The van der Waals surface area contributed by atoms with Crippen molar-refractivity contribution in [3.8, 4) is 0 Å². The molecular weight excluding hydrogens is 274 g/mol. The number of nitrogens with two attached hydrogens (primary N) is 1. The number of fused-ring (bicyclic) bond motifs is 1. The molecule has 1 aromatic carbocycles. The van der Waals surface area contributed by atoms with Crippen LogP contribution in [0.4, 0.5) is 5.69 Å². The number of benzene rings is 1. The van der Waals surface area contributed by atoms with Crippen LogP contribution >= 0.6 is 11.3 Å². The minimum absolute atomic E-state index is 0.103. The molecule has 1 saturated heterocycles. The van der Waals surface area contributed by atoms with Gasteiger partial charge in [-0.25, -0.2) is 0 Å². The second kappa shape index (κ2) is 4.79. The van der Waals surface area contributed by atoms with Crippen LogP contribution in [0.3, 0.4) is 0 Å². The fourth-order valence-corrected chi connectivity index (χ4v) is 3.55. The van der Waals surface area contributed by atoms with Gasteiger partial charge in [0.1, 0.15) is 4.88 Å². The van der Waals surface area contributed by atoms with Crippen molar-refractivity contribution < 1.29 is 9.59 Å². The molecule has 0 spiro atoms. The molecule has 1 aromatic heterocycles. The molecule has 0 unspecified atom stereocenters. The molecular formula is C14H15N3O2S. The Bertz CT molecular complexity index is 708. The van der Waals surface area contributed by atoms with Crippen LogP contribution in [0, 0.1) is 6.92 Å². The van der Waals surface area contributed by atoms with Gasteiger partial charge in [-0.15, -0.1) is 11.3 Å². The normalized spacial score (nSPS) is 15.4. The van der Waals surface area contributed by atoms with Crippen molar-refractivity contribution in [1.29, 1.82) is 0 Å². The van der Waals surface area contributed by atoms with Crippen LogP contribution in [-0.4, -0.2) is 36.3 Å². The molecule has 2 heterocycles. The number of thiophene rings is 1. The summed E-state index contributed by atoms with van der Waals surface area (Å²) in [6.07, 6.45) is 0. The van der Waals surface area contributed by atoms with Gasteiger partial charge < -0.3 is 16.0 Å². The van der Waals surface area contributed by atoms with E-state index in [-0.39, 0.29) is 18.4 Å². The molecule has 0 radical (unpaired) electrons. The van der Waals surface area contributed by atoms with E-state index in [1.807, 2.05) is 25.1 Å². The summed E-state index contributed by atoms with van der Waals surface area (Å²) in [5, 5.41) is 3.62. The summed E-state index contributed by atoms with van der Waals surface area (Å²) < 4.78 is 1.04. The topological polar surface area (TPSA) is 75.4 Å². The molecule has 104 valence electrons.